The number of nitrogens with one attached hydrogen (secondary N) is 1. The van der Waals surface area contributed by atoms with Crippen molar-refractivity contribution in [3.05, 3.63) is 89.6 Å². The Kier molecular flexibility index (Phi) is 7.15. The van der Waals surface area contributed by atoms with E-state index in [4.69, 9.17) is 14.2 Å². The quantitative estimate of drug-likeness (QED) is 0.250. The lowest BCUT2D eigenvalue weighted by molar-refractivity contribution is 0.102. The molecule has 0 unspecified atom stereocenters. The van der Waals surface area contributed by atoms with Gasteiger partial charge in [0.25, 0.3) is 11.8 Å². The molecule has 2 N–H and O–H groups in total. The molecule has 3 aromatic heterocycles. The molecule has 0 radical (unpaired) electrons. The molecule has 0 saturated heterocycles. The van der Waals surface area contributed by atoms with Crippen LogP contribution in [0.2, 0.25) is 0 Å². The summed E-state index contributed by atoms with van der Waals surface area (Å²) >= 11 is 0. The van der Waals surface area contributed by atoms with Crippen molar-refractivity contribution in [2.45, 2.75) is 13.8 Å². The van der Waals surface area contributed by atoms with Crippen LogP contribution in [0.4, 0.5) is 10.1 Å². The van der Waals surface area contributed by atoms with E-state index in [1.54, 1.807) is 56.4 Å². The Hall–Kier alpha value is -5.25. The van der Waals surface area contributed by atoms with Crippen molar-refractivity contribution >= 4 is 22.6 Å². The third-order valence-electron chi connectivity index (χ3n) is 6.25. The molecular formula is C30H25FN4O5. The number of carbonyl (C=O) groups is 1. The second kappa shape index (κ2) is 10.9. The highest BCUT2D eigenvalue weighted by Crippen LogP contribution is 2.37. The molecule has 5 rings (SSSR count). The number of aromatic hydroxyl groups is 1. The molecule has 5 aromatic rings. The number of methoxy groups -OCH3 is 2. The van der Waals surface area contributed by atoms with Crippen LogP contribution in [-0.4, -0.2) is 40.2 Å². The molecule has 0 aliphatic carbocycles. The number of anilines is 1. The largest absolute Gasteiger partial charge is 0.506 e. The summed E-state index contributed by atoms with van der Waals surface area (Å²) in [6.07, 6.45) is 1.60. The molecule has 0 aliphatic rings. The summed E-state index contributed by atoms with van der Waals surface area (Å²) in [6, 6.07) is 15.7. The number of aromatic nitrogens is 3. The van der Waals surface area contributed by atoms with Gasteiger partial charge in [0.1, 0.15) is 28.4 Å². The Morgan fingerprint density at radius 1 is 0.900 bits per heavy atom. The molecule has 0 bridgehead atoms. The van der Waals surface area contributed by atoms with E-state index in [0.29, 0.717) is 62.4 Å². The van der Waals surface area contributed by atoms with E-state index in [1.165, 1.54) is 38.5 Å². The van der Waals surface area contributed by atoms with Crippen LogP contribution in [0.1, 0.15) is 21.7 Å². The summed E-state index contributed by atoms with van der Waals surface area (Å²) in [5, 5.41) is 13.8. The van der Waals surface area contributed by atoms with Gasteiger partial charge in [0.05, 0.1) is 25.4 Å². The first kappa shape index (κ1) is 26.4. The van der Waals surface area contributed by atoms with E-state index >= 15 is 0 Å². The fourth-order valence-electron chi connectivity index (χ4n) is 4.38. The average Bonchev–Trinajstić information content (AvgIpc) is 2.94. The Morgan fingerprint density at radius 2 is 1.62 bits per heavy atom. The molecule has 0 fully saturated rings. The van der Waals surface area contributed by atoms with Gasteiger partial charge in [-0.2, -0.15) is 0 Å². The van der Waals surface area contributed by atoms with Crippen LogP contribution in [0.25, 0.3) is 22.2 Å². The fourth-order valence-corrected chi connectivity index (χ4v) is 4.38. The number of halogens is 1. The van der Waals surface area contributed by atoms with E-state index in [1.807, 2.05) is 0 Å². The summed E-state index contributed by atoms with van der Waals surface area (Å²) in [5.74, 6) is 0.550. The van der Waals surface area contributed by atoms with Crippen LogP contribution in [-0.2, 0) is 0 Å². The van der Waals surface area contributed by atoms with Crippen molar-refractivity contribution in [2.75, 3.05) is 19.5 Å². The highest BCUT2D eigenvalue weighted by atomic mass is 19.1. The van der Waals surface area contributed by atoms with Gasteiger partial charge in [-0.05, 0) is 55.8 Å². The number of benzene rings is 2. The molecule has 40 heavy (non-hydrogen) atoms. The molecule has 10 heteroatoms. The normalized spacial score (nSPS) is 10.8. The zero-order chi connectivity index (χ0) is 28.4. The second-order valence-corrected chi connectivity index (χ2v) is 8.85. The topological polar surface area (TPSA) is 116 Å². The van der Waals surface area contributed by atoms with Crippen molar-refractivity contribution in [1.82, 2.24) is 15.0 Å². The minimum Gasteiger partial charge on any atom is -0.506 e. The van der Waals surface area contributed by atoms with E-state index in [9.17, 15) is 14.3 Å². The fraction of sp³-hybridized carbons (Fsp3) is 0.133. The predicted molar refractivity (Wildman–Crippen MR) is 148 cm³/mol. The summed E-state index contributed by atoms with van der Waals surface area (Å²) in [7, 11) is 3.02. The number of aryl methyl sites for hydroxylation is 2. The van der Waals surface area contributed by atoms with Gasteiger partial charge >= 0.3 is 0 Å². The van der Waals surface area contributed by atoms with Gasteiger partial charge in [-0.15, -0.1) is 0 Å². The zero-order valence-corrected chi connectivity index (χ0v) is 22.2. The number of pyridine rings is 3. The first-order valence-corrected chi connectivity index (χ1v) is 12.2. The van der Waals surface area contributed by atoms with E-state index < -0.39 is 11.7 Å². The molecule has 3 heterocycles. The summed E-state index contributed by atoms with van der Waals surface area (Å²) in [4.78, 5) is 26.4. The molecular weight excluding hydrogens is 515 g/mol. The number of amides is 1. The van der Waals surface area contributed by atoms with Crippen LogP contribution < -0.4 is 19.5 Å². The maximum absolute atomic E-state index is 13.4. The van der Waals surface area contributed by atoms with Crippen molar-refractivity contribution in [1.29, 1.82) is 0 Å². The maximum atomic E-state index is 13.4. The highest BCUT2D eigenvalue weighted by Gasteiger charge is 2.22. The van der Waals surface area contributed by atoms with E-state index in [-0.39, 0.29) is 11.3 Å². The van der Waals surface area contributed by atoms with Crippen molar-refractivity contribution in [3.63, 3.8) is 0 Å². The van der Waals surface area contributed by atoms with Crippen LogP contribution in [0.5, 0.6) is 28.9 Å². The Labute approximate surface area is 229 Å². The molecule has 0 atom stereocenters. The summed E-state index contributed by atoms with van der Waals surface area (Å²) in [6.45, 7) is 3.37. The number of ether oxygens (including phenoxy) is 3. The van der Waals surface area contributed by atoms with Crippen molar-refractivity contribution in [2.24, 2.45) is 0 Å². The third kappa shape index (κ3) is 5.06. The van der Waals surface area contributed by atoms with Gasteiger partial charge in [0.15, 0.2) is 11.5 Å². The van der Waals surface area contributed by atoms with Gasteiger partial charge in [-0.1, -0.05) is 12.1 Å². The Balaban J connectivity index is 1.38. The minimum atomic E-state index is -0.537. The molecule has 202 valence electrons. The lowest BCUT2D eigenvalue weighted by atomic mass is 9.98. The van der Waals surface area contributed by atoms with Gasteiger partial charge in [-0.25, -0.2) is 9.37 Å². The van der Waals surface area contributed by atoms with Gasteiger partial charge in [0, 0.05) is 35.3 Å². The van der Waals surface area contributed by atoms with Crippen molar-refractivity contribution in [3.8, 4) is 40.0 Å². The molecule has 9 nitrogen and oxygen atoms in total. The van der Waals surface area contributed by atoms with Crippen molar-refractivity contribution < 1.29 is 28.5 Å². The minimum absolute atomic E-state index is 0.0314. The molecule has 1 amide bonds. The lowest BCUT2D eigenvalue weighted by Gasteiger charge is -2.15. The van der Waals surface area contributed by atoms with E-state index in [0.717, 1.165) is 0 Å². The number of hydrogen-bond donors (Lipinski definition) is 2. The van der Waals surface area contributed by atoms with Crippen LogP contribution in [0, 0.1) is 19.7 Å². The standard InChI is InChI=1S/C30H25FN4O5/c1-16-25(18-5-7-19(31)8-6-18)28(36)26(17(2)33-16)29(37)34-20-9-11-21(12-10-20)40-23-13-14-32-22-15-24(38-3)30(39-4)35-27(22)23/h5-15H,1-4H3,(H,33,36)(H,34,37). The first-order valence-electron chi connectivity index (χ1n) is 12.2. The predicted octanol–water partition coefficient (Wildman–Crippen LogP) is 6.22. The number of carbonyl (C=O) groups excluding carboxylic acids is 1. The third-order valence-corrected chi connectivity index (χ3v) is 6.25. The zero-order valence-electron chi connectivity index (χ0n) is 22.2. The molecule has 2 aromatic carbocycles. The number of rotatable bonds is 7. The average molecular weight is 541 g/mol. The van der Waals surface area contributed by atoms with Crippen LogP contribution >= 0.6 is 0 Å². The summed E-state index contributed by atoms with van der Waals surface area (Å²) in [5.41, 5.74) is 3.37. The number of nitrogens with zero attached hydrogens (tertiary/aromatic N) is 3. The Bertz CT molecular complexity index is 1720. The molecule has 0 saturated carbocycles. The molecule has 0 aliphatic heterocycles. The van der Waals surface area contributed by atoms with E-state index in [2.05, 4.69) is 20.3 Å². The number of hydrogen-bond acceptors (Lipinski definition) is 8. The van der Waals surface area contributed by atoms with Gasteiger partial charge in [0.2, 0.25) is 0 Å². The van der Waals surface area contributed by atoms with Crippen LogP contribution in [0.3, 0.4) is 0 Å². The first-order chi connectivity index (χ1) is 19.3. The summed E-state index contributed by atoms with van der Waals surface area (Å²) < 4.78 is 30.1. The van der Waals surface area contributed by atoms with Gasteiger partial charge < -0.3 is 24.6 Å². The Morgan fingerprint density at radius 3 is 2.30 bits per heavy atom. The smallest absolute Gasteiger partial charge is 0.261 e. The lowest BCUT2D eigenvalue weighted by Crippen LogP contribution is -2.15. The van der Waals surface area contributed by atoms with Crippen LogP contribution in [0.15, 0.2) is 66.9 Å². The highest BCUT2D eigenvalue weighted by molar-refractivity contribution is 6.08. The van der Waals surface area contributed by atoms with Gasteiger partial charge in [-0.3, -0.25) is 14.8 Å². The maximum Gasteiger partial charge on any atom is 0.261 e. The monoisotopic (exact) mass is 540 g/mol. The SMILES string of the molecule is COc1cc2nccc(Oc3ccc(NC(=O)c4c(C)nc(C)c(-c5ccc(F)cc5)c4O)cc3)c2nc1OC. The molecule has 0 spiro atoms. The number of fused-ring (bicyclic) bond motifs is 1. The second-order valence-electron chi connectivity index (χ2n) is 8.85.